The number of para-hydroxylation sites is 1. The van der Waals surface area contributed by atoms with Gasteiger partial charge < -0.3 is 14.6 Å². The van der Waals surface area contributed by atoms with Crippen LogP contribution in [-0.2, 0) is 17.8 Å². The van der Waals surface area contributed by atoms with Crippen LogP contribution >= 0.6 is 0 Å². The summed E-state index contributed by atoms with van der Waals surface area (Å²) in [5.74, 6) is 1.00. The number of fused-ring (bicyclic) bond motifs is 3. The van der Waals surface area contributed by atoms with E-state index < -0.39 is 8.07 Å². The van der Waals surface area contributed by atoms with Gasteiger partial charge in [-0.05, 0) is 23.7 Å². The molecule has 0 fully saturated rings. The zero-order chi connectivity index (χ0) is 20.2. The van der Waals surface area contributed by atoms with Gasteiger partial charge in [0.2, 0.25) is 0 Å². The fraction of sp³-hybridized carbons (Fsp3) is 0.409. The van der Waals surface area contributed by atoms with E-state index in [0.717, 1.165) is 36.1 Å². The molecule has 0 aliphatic carbocycles. The normalized spacial score (nSPS) is 19.3. The molecule has 2 bridgehead atoms. The van der Waals surface area contributed by atoms with Gasteiger partial charge >= 0.3 is 6.09 Å². The minimum atomic E-state index is -1.22. The lowest BCUT2D eigenvalue weighted by Crippen LogP contribution is -2.54. The average molecular weight is 401 g/mol. The quantitative estimate of drug-likeness (QED) is 0.604. The van der Waals surface area contributed by atoms with E-state index in [0.29, 0.717) is 13.2 Å². The monoisotopic (exact) mass is 400 g/mol. The summed E-state index contributed by atoms with van der Waals surface area (Å²) < 4.78 is 10.6. The second-order valence-corrected chi connectivity index (χ2v) is 14.2. The highest BCUT2D eigenvalue weighted by molar-refractivity contribution is 6.76. The van der Waals surface area contributed by atoms with Crippen molar-refractivity contribution in [3.63, 3.8) is 0 Å². The minimum Gasteiger partial charge on any atom is -0.489 e. The standard InChI is InChI=1S/C15H24NO3Si.C7H6O/c1-20(2,3)11-10-19-15(18)16(12-17)9-8-13-6-4-5-7-14(13)16;1-2-6-4-7(3-1)8-5-6/h4-7,17H,8-12H2,1-3H3;1-4H,5H2/q+1;. The van der Waals surface area contributed by atoms with Gasteiger partial charge in [0.1, 0.15) is 24.6 Å². The molecule has 2 aliphatic heterocycles. The summed E-state index contributed by atoms with van der Waals surface area (Å²) in [7, 11) is -1.22. The molecule has 28 heavy (non-hydrogen) atoms. The van der Waals surface area contributed by atoms with E-state index in [9.17, 15) is 9.90 Å². The molecule has 1 N–H and O–H groups in total. The van der Waals surface area contributed by atoms with Crippen molar-refractivity contribution in [3.05, 3.63) is 59.7 Å². The van der Waals surface area contributed by atoms with Crippen molar-refractivity contribution >= 4 is 19.9 Å². The fourth-order valence-electron chi connectivity index (χ4n) is 3.43. The summed E-state index contributed by atoms with van der Waals surface area (Å²) in [4.78, 5) is 12.5. The van der Waals surface area contributed by atoms with Crippen LogP contribution in [0.3, 0.4) is 0 Å². The highest BCUT2D eigenvalue weighted by Gasteiger charge is 2.46. The molecule has 5 nitrogen and oxygen atoms in total. The fourth-order valence-corrected chi connectivity index (χ4v) is 4.14. The largest absolute Gasteiger partial charge is 0.523 e. The number of ether oxygens (including phenoxy) is 2. The van der Waals surface area contributed by atoms with Crippen molar-refractivity contribution in [2.24, 2.45) is 0 Å². The van der Waals surface area contributed by atoms with Gasteiger partial charge in [-0.15, -0.1) is 0 Å². The zero-order valence-corrected chi connectivity index (χ0v) is 18.0. The topological polar surface area (TPSA) is 55.8 Å². The molecule has 2 aliphatic rings. The first-order valence-electron chi connectivity index (χ1n) is 9.79. The Hall–Kier alpha value is -2.15. The van der Waals surface area contributed by atoms with Gasteiger partial charge in [0, 0.05) is 26.1 Å². The van der Waals surface area contributed by atoms with Gasteiger partial charge in [0.15, 0.2) is 6.73 Å². The molecule has 1 atom stereocenters. The molecule has 0 saturated carbocycles. The summed E-state index contributed by atoms with van der Waals surface area (Å²) in [5, 5.41) is 9.77. The number of hydrogen-bond acceptors (Lipinski definition) is 4. The van der Waals surface area contributed by atoms with Gasteiger partial charge in [0.25, 0.3) is 0 Å². The van der Waals surface area contributed by atoms with Crippen LogP contribution < -0.4 is 9.22 Å². The van der Waals surface area contributed by atoms with Crippen LogP contribution in [0.2, 0.25) is 25.7 Å². The molecule has 0 saturated heterocycles. The number of carbonyl (C=O) groups excluding carboxylic acids is 1. The summed E-state index contributed by atoms with van der Waals surface area (Å²) in [6, 6.07) is 16.9. The SMILES string of the molecule is C[Si](C)(C)CCOC(=O)[N+]1(CO)CCc2ccccc21.c1cc2cc(c1)OC2. The van der Waals surface area contributed by atoms with Crippen molar-refractivity contribution in [1.82, 2.24) is 4.48 Å². The van der Waals surface area contributed by atoms with Gasteiger partial charge in [0.05, 0.1) is 6.61 Å². The molecule has 150 valence electrons. The average Bonchev–Trinajstić information content (AvgIpc) is 3.21. The van der Waals surface area contributed by atoms with Crippen LogP contribution in [0.1, 0.15) is 11.1 Å². The lowest BCUT2D eigenvalue weighted by atomic mass is 10.2. The molecule has 4 rings (SSSR count). The number of hydrogen-bond donors (Lipinski definition) is 1. The lowest BCUT2D eigenvalue weighted by Gasteiger charge is -2.28. The predicted molar refractivity (Wildman–Crippen MR) is 114 cm³/mol. The van der Waals surface area contributed by atoms with E-state index in [2.05, 4.69) is 31.8 Å². The van der Waals surface area contributed by atoms with Crippen molar-refractivity contribution < 1.29 is 19.4 Å². The second-order valence-electron chi connectivity index (χ2n) is 8.57. The maximum Gasteiger partial charge on any atom is 0.523 e. The van der Waals surface area contributed by atoms with Crippen molar-refractivity contribution in [2.45, 2.75) is 38.7 Å². The van der Waals surface area contributed by atoms with Crippen molar-refractivity contribution in [2.75, 3.05) is 19.9 Å². The highest BCUT2D eigenvalue weighted by Crippen LogP contribution is 2.35. The van der Waals surface area contributed by atoms with E-state index in [4.69, 9.17) is 9.47 Å². The van der Waals surface area contributed by atoms with Gasteiger partial charge in [-0.2, -0.15) is 9.28 Å². The van der Waals surface area contributed by atoms with Gasteiger partial charge in [-0.3, -0.25) is 0 Å². The number of amides is 1. The number of nitrogens with zero attached hydrogens (tertiary/aromatic N) is 1. The summed E-state index contributed by atoms with van der Waals surface area (Å²) in [6.45, 7) is 8.33. The smallest absolute Gasteiger partial charge is 0.489 e. The van der Waals surface area contributed by atoms with E-state index in [-0.39, 0.29) is 17.3 Å². The van der Waals surface area contributed by atoms with E-state index in [1.807, 2.05) is 36.4 Å². The molecule has 6 heteroatoms. The summed E-state index contributed by atoms with van der Waals surface area (Å²) in [5.41, 5.74) is 3.29. The Labute approximate surface area is 168 Å². The van der Waals surface area contributed by atoms with E-state index in [1.165, 1.54) is 5.56 Å². The predicted octanol–water partition coefficient (Wildman–Crippen LogP) is 4.55. The molecule has 2 heterocycles. The Bertz CT molecular complexity index is 814. The Kier molecular flexibility index (Phi) is 6.22. The molecule has 2 aromatic carbocycles. The molecular formula is C22H30NO4Si+. The third-order valence-corrected chi connectivity index (χ3v) is 6.89. The molecular weight excluding hydrogens is 370 g/mol. The van der Waals surface area contributed by atoms with Crippen LogP contribution in [-0.4, -0.2) is 39.2 Å². The number of carbonyl (C=O) groups is 1. The molecule has 1 unspecified atom stereocenters. The lowest BCUT2D eigenvalue weighted by molar-refractivity contribution is 0.0724. The van der Waals surface area contributed by atoms with E-state index >= 15 is 0 Å². The summed E-state index contributed by atoms with van der Waals surface area (Å²) in [6.07, 6.45) is 0.482. The first-order chi connectivity index (χ1) is 13.3. The maximum atomic E-state index is 12.5. The number of quaternary nitrogens is 1. The van der Waals surface area contributed by atoms with Crippen molar-refractivity contribution in [3.8, 4) is 5.75 Å². The number of aliphatic hydroxyl groups excluding tert-OH is 1. The first-order valence-corrected chi connectivity index (χ1v) is 13.5. The molecule has 0 radical (unpaired) electrons. The van der Waals surface area contributed by atoms with E-state index in [1.54, 1.807) is 0 Å². The summed E-state index contributed by atoms with van der Waals surface area (Å²) >= 11 is 0. The van der Waals surface area contributed by atoms with Crippen LogP contribution in [0.5, 0.6) is 5.75 Å². The molecule has 1 amide bonds. The second kappa shape index (κ2) is 8.47. The highest BCUT2D eigenvalue weighted by atomic mass is 28.3. The minimum absolute atomic E-state index is 0.0815. The first kappa shape index (κ1) is 20.6. The third kappa shape index (κ3) is 4.63. The number of aliphatic hydroxyl groups is 1. The molecule has 0 aromatic heterocycles. The Morgan fingerprint density at radius 2 is 1.96 bits per heavy atom. The Balaban J connectivity index is 0.000000231. The van der Waals surface area contributed by atoms with Crippen LogP contribution in [0.4, 0.5) is 10.5 Å². The van der Waals surface area contributed by atoms with Crippen LogP contribution in [0.25, 0.3) is 0 Å². The number of benzene rings is 2. The Morgan fingerprint density at radius 1 is 1.18 bits per heavy atom. The number of rotatable bonds is 4. The Morgan fingerprint density at radius 3 is 2.64 bits per heavy atom. The van der Waals surface area contributed by atoms with Gasteiger partial charge in [-0.1, -0.05) is 50.0 Å². The zero-order valence-electron chi connectivity index (χ0n) is 17.0. The molecule has 2 aromatic rings. The van der Waals surface area contributed by atoms with Gasteiger partial charge in [-0.25, -0.2) is 0 Å². The van der Waals surface area contributed by atoms with Crippen LogP contribution in [0.15, 0.2) is 48.5 Å². The van der Waals surface area contributed by atoms with Crippen molar-refractivity contribution in [1.29, 1.82) is 0 Å². The maximum absolute atomic E-state index is 12.5. The molecule has 0 spiro atoms. The van der Waals surface area contributed by atoms with Crippen LogP contribution in [0, 0.1) is 0 Å². The third-order valence-electron chi connectivity index (χ3n) is 5.19.